The Kier molecular flexibility index (Phi) is 10.6. The van der Waals surface area contributed by atoms with Crippen molar-refractivity contribution in [2.24, 2.45) is 5.73 Å². The fourth-order valence-corrected chi connectivity index (χ4v) is 3.16. The van der Waals surface area contributed by atoms with Crippen LogP contribution in [-0.2, 0) is 17.4 Å². The van der Waals surface area contributed by atoms with Crippen LogP contribution >= 0.6 is 0 Å². The highest BCUT2D eigenvalue weighted by atomic mass is 19.4. The Hall–Kier alpha value is -3.76. The highest BCUT2D eigenvalue weighted by molar-refractivity contribution is 5.73. The molecule has 0 heterocycles. The fraction of sp³-hybridized carbons (Fsp3) is 0.269. The van der Waals surface area contributed by atoms with Crippen LogP contribution in [0.1, 0.15) is 29.2 Å². The van der Waals surface area contributed by atoms with Crippen LogP contribution in [0.2, 0.25) is 0 Å². The second-order valence-corrected chi connectivity index (χ2v) is 7.90. The molecular formula is C26H29F3N2O5. The number of nitrogens with two attached hydrogens (primary N) is 1. The number of phenolic OH excluding ortho intramolecular Hbond substituents is 2. The SMILES string of the molecule is CNCCC(Oc1ccc(C(F)(F)F)cc1)c1ccccc1.N[C@@H](Cc1ccc(O)c(O)c1)C(=O)O. The largest absolute Gasteiger partial charge is 0.504 e. The van der Waals surface area contributed by atoms with E-state index in [1.807, 2.05) is 37.4 Å². The second kappa shape index (κ2) is 13.4. The Morgan fingerprint density at radius 3 is 2.17 bits per heavy atom. The molecule has 7 nitrogen and oxygen atoms in total. The van der Waals surface area contributed by atoms with Crippen molar-refractivity contribution in [1.82, 2.24) is 5.32 Å². The normalized spacial score (nSPS) is 12.7. The maximum Gasteiger partial charge on any atom is 0.416 e. The van der Waals surface area contributed by atoms with E-state index in [2.05, 4.69) is 5.32 Å². The van der Waals surface area contributed by atoms with Crippen LogP contribution in [-0.4, -0.2) is 40.9 Å². The summed E-state index contributed by atoms with van der Waals surface area (Å²) >= 11 is 0. The first kappa shape index (κ1) is 28.5. The van der Waals surface area contributed by atoms with Crippen molar-refractivity contribution in [1.29, 1.82) is 0 Å². The van der Waals surface area contributed by atoms with E-state index in [4.69, 9.17) is 25.8 Å². The summed E-state index contributed by atoms with van der Waals surface area (Å²) in [6.45, 7) is 0.750. The Morgan fingerprint density at radius 1 is 1.00 bits per heavy atom. The number of rotatable bonds is 9. The lowest BCUT2D eigenvalue weighted by atomic mass is 10.1. The molecule has 194 valence electrons. The van der Waals surface area contributed by atoms with Gasteiger partial charge in [-0.3, -0.25) is 4.79 Å². The smallest absolute Gasteiger partial charge is 0.416 e. The molecule has 0 fully saturated rings. The van der Waals surface area contributed by atoms with Crippen LogP contribution in [0.5, 0.6) is 17.2 Å². The van der Waals surface area contributed by atoms with E-state index in [0.717, 1.165) is 30.7 Å². The van der Waals surface area contributed by atoms with Crippen molar-refractivity contribution in [2.45, 2.75) is 31.2 Å². The number of carboxylic acid groups (broad SMARTS) is 1. The van der Waals surface area contributed by atoms with Gasteiger partial charge in [0.15, 0.2) is 11.5 Å². The number of hydrogen-bond donors (Lipinski definition) is 5. The molecule has 0 aromatic heterocycles. The number of phenols is 2. The van der Waals surface area contributed by atoms with Crippen LogP contribution in [0.15, 0.2) is 72.8 Å². The average molecular weight is 507 g/mol. The lowest BCUT2D eigenvalue weighted by Gasteiger charge is -2.20. The zero-order valence-electron chi connectivity index (χ0n) is 19.6. The molecule has 0 aliphatic carbocycles. The van der Waals surface area contributed by atoms with Gasteiger partial charge in [-0.25, -0.2) is 0 Å². The lowest BCUT2D eigenvalue weighted by Crippen LogP contribution is -2.32. The predicted molar refractivity (Wildman–Crippen MR) is 129 cm³/mol. The number of alkyl halides is 3. The van der Waals surface area contributed by atoms with Gasteiger partial charge >= 0.3 is 12.1 Å². The number of benzene rings is 3. The topological polar surface area (TPSA) is 125 Å². The molecule has 0 radical (unpaired) electrons. The molecule has 3 aromatic rings. The van der Waals surface area contributed by atoms with Crippen molar-refractivity contribution in [3.8, 4) is 17.2 Å². The number of aromatic hydroxyl groups is 2. The molecule has 3 rings (SSSR count). The maximum atomic E-state index is 12.6. The standard InChI is InChI=1S/C17H18F3NO.C9H11NO4/c1-21-12-11-16(13-5-3-2-4-6-13)22-15-9-7-14(8-10-15)17(18,19)20;10-6(9(13)14)3-5-1-2-7(11)8(12)4-5/h2-10,16,21H,11-12H2,1H3;1-2,4,6,11-12H,3,10H2,(H,13,14)/t;6-/m.0/s1. The Morgan fingerprint density at radius 2 is 1.64 bits per heavy atom. The van der Waals surface area contributed by atoms with Gasteiger partial charge in [-0.1, -0.05) is 36.4 Å². The molecule has 6 N–H and O–H groups in total. The highest BCUT2D eigenvalue weighted by Gasteiger charge is 2.30. The molecule has 0 aliphatic rings. The third-order valence-corrected chi connectivity index (χ3v) is 5.10. The third-order valence-electron chi connectivity index (χ3n) is 5.10. The minimum absolute atomic E-state index is 0.114. The summed E-state index contributed by atoms with van der Waals surface area (Å²) in [5, 5.41) is 29.7. The molecule has 0 bridgehead atoms. The van der Waals surface area contributed by atoms with Gasteiger partial charge < -0.3 is 31.1 Å². The molecule has 0 aliphatic heterocycles. The molecule has 10 heteroatoms. The van der Waals surface area contributed by atoms with Crippen LogP contribution in [0.4, 0.5) is 13.2 Å². The minimum Gasteiger partial charge on any atom is -0.504 e. The van der Waals surface area contributed by atoms with E-state index in [0.29, 0.717) is 11.3 Å². The fourth-order valence-electron chi connectivity index (χ4n) is 3.16. The molecule has 0 saturated heterocycles. The average Bonchev–Trinajstić information content (AvgIpc) is 2.84. The molecule has 3 aromatic carbocycles. The summed E-state index contributed by atoms with van der Waals surface area (Å²) in [4.78, 5) is 10.4. The molecule has 1 unspecified atom stereocenters. The van der Waals surface area contributed by atoms with E-state index in [-0.39, 0.29) is 24.0 Å². The molecular weight excluding hydrogens is 477 g/mol. The van der Waals surface area contributed by atoms with E-state index < -0.39 is 23.8 Å². The number of halogens is 3. The zero-order valence-corrected chi connectivity index (χ0v) is 19.6. The van der Waals surface area contributed by atoms with Crippen molar-refractivity contribution in [3.05, 3.63) is 89.5 Å². The molecule has 0 spiro atoms. The molecule has 36 heavy (non-hydrogen) atoms. The Bertz CT molecular complexity index is 1090. The van der Waals surface area contributed by atoms with Gasteiger partial charge in [0.25, 0.3) is 0 Å². The van der Waals surface area contributed by atoms with Crippen molar-refractivity contribution < 1.29 is 38.0 Å². The number of carboxylic acids is 1. The Labute approximate surface area is 207 Å². The third kappa shape index (κ3) is 9.12. The van der Waals surface area contributed by atoms with Gasteiger partial charge in [0.05, 0.1) is 5.56 Å². The summed E-state index contributed by atoms with van der Waals surface area (Å²) in [5.74, 6) is -1.19. The van der Waals surface area contributed by atoms with Gasteiger partial charge in [0, 0.05) is 6.42 Å². The highest BCUT2D eigenvalue weighted by Crippen LogP contribution is 2.32. The second-order valence-electron chi connectivity index (χ2n) is 7.90. The summed E-state index contributed by atoms with van der Waals surface area (Å²) < 4.78 is 43.6. The first-order chi connectivity index (χ1) is 17.0. The van der Waals surface area contributed by atoms with E-state index in [1.54, 1.807) is 0 Å². The molecule has 2 atom stereocenters. The number of carbonyl (C=O) groups is 1. The van der Waals surface area contributed by atoms with Crippen molar-refractivity contribution in [3.63, 3.8) is 0 Å². The van der Waals surface area contributed by atoms with Crippen molar-refractivity contribution >= 4 is 5.97 Å². The first-order valence-corrected chi connectivity index (χ1v) is 11.0. The van der Waals surface area contributed by atoms with Crippen LogP contribution in [0.25, 0.3) is 0 Å². The monoisotopic (exact) mass is 506 g/mol. The lowest BCUT2D eigenvalue weighted by molar-refractivity contribution is -0.139. The molecule has 0 amide bonds. The maximum absolute atomic E-state index is 12.6. The van der Waals surface area contributed by atoms with Gasteiger partial charge in [0.1, 0.15) is 17.9 Å². The van der Waals surface area contributed by atoms with Crippen molar-refractivity contribution in [2.75, 3.05) is 13.6 Å². The van der Waals surface area contributed by atoms with E-state index >= 15 is 0 Å². The minimum atomic E-state index is -4.33. The predicted octanol–water partition coefficient (Wildman–Crippen LogP) is 4.49. The number of aliphatic carboxylic acids is 1. The molecule has 0 saturated carbocycles. The van der Waals surface area contributed by atoms with Gasteiger partial charge in [-0.2, -0.15) is 13.2 Å². The van der Waals surface area contributed by atoms with Crippen LogP contribution in [0, 0.1) is 0 Å². The number of nitrogens with one attached hydrogen (secondary N) is 1. The summed E-state index contributed by atoms with van der Waals surface area (Å²) in [6.07, 6.45) is -3.70. The quantitative estimate of drug-likeness (QED) is 0.271. The first-order valence-electron chi connectivity index (χ1n) is 11.0. The van der Waals surface area contributed by atoms with Crippen LogP contribution in [0.3, 0.4) is 0 Å². The van der Waals surface area contributed by atoms with Gasteiger partial charge in [-0.05, 0) is 67.5 Å². The number of hydrogen-bond acceptors (Lipinski definition) is 6. The van der Waals surface area contributed by atoms with Gasteiger partial charge in [-0.15, -0.1) is 0 Å². The van der Waals surface area contributed by atoms with Gasteiger partial charge in [0.2, 0.25) is 0 Å². The Balaban J connectivity index is 0.000000281. The summed E-state index contributed by atoms with van der Waals surface area (Å²) in [7, 11) is 1.85. The van der Waals surface area contributed by atoms with Crippen LogP contribution < -0.4 is 15.8 Å². The zero-order chi connectivity index (χ0) is 26.7. The van der Waals surface area contributed by atoms with E-state index in [1.165, 1.54) is 30.3 Å². The summed E-state index contributed by atoms with van der Waals surface area (Å²) in [6, 6.07) is 17.5. The van der Waals surface area contributed by atoms with E-state index in [9.17, 15) is 18.0 Å². The summed E-state index contributed by atoms with van der Waals surface area (Å²) in [5.41, 5.74) is 6.18. The number of ether oxygens (including phenoxy) is 1.